The van der Waals surface area contributed by atoms with Crippen LogP contribution in [0, 0.1) is 0 Å². The van der Waals surface area contributed by atoms with Gasteiger partial charge in [-0.1, -0.05) is 13.5 Å². The van der Waals surface area contributed by atoms with Crippen LogP contribution in [0.1, 0.15) is 40.5 Å². The molecule has 0 aromatic carbocycles. The van der Waals surface area contributed by atoms with Crippen molar-refractivity contribution in [2.24, 2.45) is 0 Å². The van der Waals surface area contributed by atoms with E-state index in [1.807, 2.05) is 0 Å². The van der Waals surface area contributed by atoms with Gasteiger partial charge in [0.15, 0.2) is 0 Å². The molecule has 4 heteroatoms. The maximum absolute atomic E-state index is 3.99. The Morgan fingerprint density at radius 1 is 1.00 bits per heavy atom. The summed E-state index contributed by atoms with van der Waals surface area (Å²) in [7, 11) is 2.14. The minimum Gasteiger partial charge on any atom is -0.379 e. The minimum atomic E-state index is 0.675. The summed E-state index contributed by atoms with van der Waals surface area (Å²) in [6.45, 7) is 23.9. The molecule has 0 N–H and O–H groups in total. The molecule has 4 nitrogen and oxygen atoms in total. The van der Waals surface area contributed by atoms with Crippen molar-refractivity contribution in [2.45, 2.75) is 46.6 Å². The molecular weight excluding hydrogens is 284 g/mol. The Kier molecular flexibility index (Phi) is 9.84. The molecule has 0 saturated carbocycles. The summed E-state index contributed by atoms with van der Waals surface area (Å²) in [5, 5.41) is 0. The van der Waals surface area contributed by atoms with Gasteiger partial charge < -0.3 is 19.6 Å². The average molecular weight is 325 g/mol. The van der Waals surface area contributed by atoms with Crippen molar-refractivity contribution in [3.05, 3.63) is 12.3 Å². The van der Waals surface area contributed by atoms with Gasteiger partial charge in [0.05, 0.1) is 0 Å². The van der Waals surface area contributed by atoms with Crippen molar-refractivity contribution in [3.8, 4) is 0 Å². The van der Waals surface area contributed by atoms with Gasteiger partial charge in [0.1, 0.15) is 0 Å². The summed E-state index contributed by atoms with van der Waals surface area (Å²) in [4.78, 5) is 10.1. The number of hydrogen-bond acceptors (Lipinski definition) is 4. The van der Waals surface area contributed by atoms with Crippen molar-refractivity contribution >= 4 is 0 Å². The molecule has 0 radical (unpaired) electrons. The molecule has 1 heterocycles. The van der Waals surface area contributed by atoms with Crippen LogP contribution in [-0.4, -0.2) is 91.6 Å². The number of allylic oxidation sites excluding steroid dienone is 1. The zero-order chi connectivity index (χ0) is 17.2. The Hall–Kier alpha value is -0.580. The second-order valence-corrected chi connectivity index (χ2v) is 7.27. The lowest BCUT2D eigenvalue weighted by Gasteiger charge is -2.35. The van der Waals surface area contributed by atoms with E-state index in [0.29, 0.717) is 6.04 Å². The normalized spacial score (nSPS) is 17.2. The third-order valence-corrected chi connectivity index (χ3v) is 5.14. The van der Waals surface area contributed by atoms with Gasteiger partial charge >= 0.3 is 0 Å². The number of hydrogen-bond donors (Lipinski definition) is 0. The molecule has 0 bridgehead atoms. The molecule has 1 aliphatic rings. The van der Waals surface area contributed by atoms with E-state index in [-0.39, 0.29) is 0 Å². The van der Waals surface area contributed by atoms with E-state index in [4.69, 9.17) is 0 Å². The van der Waals surface area contributed by atoms with Crippen LogP contribution in [0.15, 0.2) is 12.3 Å². The van der Waals surface area contributed by atoms with E-state index >= 15 is 0 Å². The molecule has 0 aromatic heterocycles. The van der Waals surface area contributed by atoms with Crippen LogP contribution in [0.4, 0.5) is 0 Å². The van der Waals surface area contributed by atoms with E-state index in [2.05, 4.69) is 60.9 Å². The molecule has 23 heavy (non-hydrogen) atoms. The SMILES string of the molecule is C=C(C)N(C)CCCN1CCN(CCCN(CC)C(C)C)CC1. The molecule has 136 valence electrons. The van der Waals surface area contributed by atoms with Crippen LogP contribution in [-0.2, 0) is 0 Å². The van der Waals surface area contributed by atoms with Gasteiger partial charge in [0.25, 0.3) is 0 Å². The van der Waals surface area contributed by atoms with Crippen LogP contribution in [0.25, 0.3) is 0 Å². The molecule has 0 aromatic rings. The molecule has 1 saturated heterocycles. The van der Waals surface area contributed by atoms with Gasteiger partial charge in [-0.15, -0.1) is 0 Å². The van der Waals surface area contributed by atoms with E-state index in [9.17, 15) is 0 Å². The Balaban J connectivity index is 2.10. The van der Waals surface area contributed by atoms with Crippen molar-refractivity contribution in [3.63, 3.8) is 0 Å². The monoisotopic (exact) mass is 324 g/mol. The average Bonchev–Trinajstić information content (AvgIpc) is 2.52. The van der Waals surface area contributed by atoms with Gasteiger partial charge in [0, 0.05) is 51.5 Å². The molecule has 0 aliphatic carbocycles. The fourth-order valence-electron chi connectivity index (χ4n) is 3.24. The summed E-state index contributed by atoms with van der Waals surface area (Å²) in [5.41, 5.74) is 1.16. The maximum Gasteiger partial charge on any atom is 0.0183 e. The Morgan fingerprint density at radius 3 is 1.87 bits per heavy atom. The Bertz CT molecular complexity index is 321. The highest BCUT2D eigenvalue weighted by atomic mass is 15.3. The predicted octanol–water partition coefficient (Wildman–Crippen LogP) is 2.58. The van der Waals surface area contributed by atoms with Crippen LogP contribution in [0.3, 0.4) is 0 Å². The molecule has 0 amide bonds. The minimum absolute atomic E-state index is 0.675. The standard InChI is InChI=1S/C19H40N4/c1-7-23(19(4)5)13-9-12-22-16-14-21(15-17-22)11-8-10-20(6)18(2)3/h19H,2,7-17H2,1,3-6H3. The lowest BCUT2D eigenvalue weighted by atomic mass is 10.2. The van der Waals surface area contributed by atoms with Gasteiger partial charge in [-0.3, -0.25) is 0 Å². The fourth-order valence-corrected chi connectivity index (χ4v) is 3.24. The largest absolute Gasteiger partial charge is 0.379 e. The number of piperazine rings is 1. The van der Waals surface area contributed by atoms with Gasteiger partial charge in [0.2, 0.25) is 0 Å². The maximum atomic E-state index is 3.99. The van der Waals surface area contributed by atoms with Crippen LogP contribution >= 0.6 is 0 Å². The zero-order valence-electron chi connectivity index (χ0n) is 16.4. The van der Waals surface area contributed by atoms with Gasteiger partial charge in [-0.25, -0.2) is 0 Å². The molecular formula is C19H40N4. The number of nitrogens with zero attached hydrogens (tertiary/aromatic N) is 4. The number of rotatable bonds is 11. The summed E-state index contributed by atoms with van der Waals surface area (Å²) >= 11 is 0. The lowest BCUT2D eigenvalue weighted by Crippen LogP contribution is -2.47. The topological polar surface area (TPSA) is 13.0 Å². The first kappa shape index (κ1) is 20.5. The Labute approximate surface area is 145 Å². The van der Waals surface area contributed by atoms with E-state index < -0.39 is 0 Å². The Morgan fingerprint density at radius 2 is 1.48 bits per heavy atom. The van der Waals surface area contributed by atoms with Crippen molar-refractivity contribution in [2.75, 3.05) is 66.0 Å². The highest BCUT2D eigenvalue weighted by molar-refractivity contribution is 4.86. The van der Waals surface area contributed by atoms with Crippen LogP contribution < -0.4 is 0 Å². The zero-order valence-corrected chi connectivity index (χ0v) is 16.4. The first-order valence-electron chi connectivity index (χ1n) is 9.49. The molecule has 0 spiro atoms. The first-order valence-corrected chi connectivity index (χ1v) is 9.49. The first-order chi connectivity index (χ1) is 10.9. The highest BCUT2D eigenvalue weighted by Crippen LogP contribution is 2.06. The quantitative estimate of drug-likeness (QED) is 0.579. The second-order valence-electron chi connectivity index (χ2n) is 7.27. The molecule has 0 unspecified atom stereocenters. The fraction of sp³-hybridized carbons (Fsp3) is 0.895. The lowest BCUT2D eigenvalue weighted by molar-refractivity contribution is 0.122. The molecule has 0 atom stereocenters. The van der Waals surface area contributed by atoms with Crippen LogP contribution in [0.5, 0.6) is 0 Å². The summed E-state index contributed by atoms with van der Waals surface area (Å²) in [6, 6.07) is 0.675. The summed E-state index contributed by atoms with van der Waals surface area (Å²) in [6.07, 6.45) is 2.54. The second kappa shape index (κ2) is 11.1. The van der Waals surface area contributed by atoms with Crippen molar-refractivity contribution < 1.29 is 0 Å². The van der Waals surface area contributed by atoms with E-state index in [1.54, 1.807) is 0 Å². The predicted molar refractivity (Wildman–Crippen MR) is 102 cm³/mol. The van der Waals surface area contributed by atoms with Gasteiger partial charge in [-0.2, -0.15) is 0 Å². The van der Waals surface area contributed by atoms with Crippen molar-refractivity contribution in [1.29, 1.82) is 0 Å². The highest BCUT2D eigenvalue weighted by Gasteiger charge is 2.16. The molecule has 1 aliphatic heterocycles. The van der Waals surface area contributed by atoms with Crippen LogP contribution in [0.2, 0.25) is 0 Å². The molecule has 1 fully saturated rings. The summed E-state index contributed by atoms with van der Waals surface area (Å²) < 4.78 is 0. The summed E-state index contributed by atoms with van der Waals surface area (Å²) in [5.74, 6) is 0. The third kappa shape index (κ3) is 8.18. The molecule has 1 rings (SSSR count). The van der Waals surface area contributed by atoms with Gasteiger partial charge in [-0.05, 0) is 59.8 Å². The van der Waals surface area contributed by atoms with E-state index in [1.165, 1.54) is 65.2 Å². The van der Waals surface area contributed by atoms with Crippen molar-refractivity contribution in [1.82, 2.24) is 19.6 Å². The smallest absolute Gasteiger partial charge is 0.0183 e. The third-order valence-electron chi connectivity index (χ3n) is 5.14. The van der Waals surface area contributed by atoms with E-state index in [0.717, 1.165) is 12.2 Å².